The third-order valence-corrected chi connectivity index (χ3v) is 5.77. The summed E-state index contributed by atoms with van der Waals surface area (Å²) in [5, 5.41) is 2.42. The summed E-state index contributed by atoms with van der Waals surface area (Å²) >= 11 is 5.67. The van der Waals surface area contributed by atoms with Gasteiger partial charge in [-0.2, -0.15) is 0 Å². The van der Waals surface area contributed by atoms with Crippen LogP contribution in [0.3, 0.4) is 0 Å². The molecule has 3 aromatic carbocycles. The summed E-state index contributed by atoms with van der Waals surface area (Å²) in [5.74, 6) is -0.745. The quantitative estimate of drug-likeness (QED) is 0.553. The fraction of sp³-hybridized carbons (Fsp3) is 0.0952. The van der Waals surface area contributed by atoms with Gasteiger partial charge in [0.2, 0.25) is 0 Å². The predicted octanol–water partition coefficient (Wildman–Crippen LogP) is 4.61. The fourth-order valence-electron chi connectivity index (χ4n) is 2.53. The van der Waals surface area contributed by atoms with Crippen molar-refractivity contribution < 1.29 is 22.3 Å². The van der Waals surface area contributed by atoms with Crippen LogP contribution in [0.1, 0.15) is 5.56 Å². The molecule has 0 atom stereocenters. The molecule has 0 bridgehead atoms. The Bertz CT molecular complexity index is 1170. The number of carbonyl (C=O) groups excluding carboxylic acids is 1. The first kappa shape index (κ1) is 21.6. The first-order chi connectivity index (χ1) is 14.2. The average molecular weight is 449 g/mol. The second-order valence-corrected chi connectivity index (χ2v) is 8.45. The minimum atomic E-state index is -3.76. The maximum atomic E-state index is 13.1. The Morgan fingerprint density at radius 2 is 1.77 bits per heavy atom. The zero-order valence-electron chi connectivity index (χ0n) is 15.9. The van der Waals surface area contributed by atoms with E-state index >= 15 is 0 Å². The molecular formula is C21H18ClFN2O4S. The molecule has 0 fully saturated rings. The van der Waals surface area contributed by atoms with Crippen LogP contribution in [0, 0.1) is 12.7 Å². The van der Waals surface area contributed by atoms with E-state index in [0.29, 0.717) is 17.1 Å². The molecule has 0 aliphatic heterocycles. The highest BCUT2D eigenvalue weighted by Gasteiger charge is 2.15. The Hall–Kier alpha value is -3.10. The van der Waals surface area contributed by atoms with E-state index in [2.05, 4.69) is 10.0 Å². The number of aryl methyl sites for hydroxylation is 1. The molecule has 0 radical (unpaired) electrons. The van der Waals surface area contributed by atoms with E-state index in [-0.39, 0.29) is 16.5 Å². The van der Waals surface area contributed by atoms with Gasteiger partial charge >= 0.3 is 0 Å². The molecule has 0 unspecified atom stereocenters. The summed E-state index contributed by atoms with van der Waals surface area (Å²) in [5.41, 5.74) is 1.63. The van der Waals surface area contributed by atoms with Gasteiger partial charge in [-0.15, -0.1) is 0 Å². The fourth-order valence-corrected chi connectivity index (χ4v) is 3.84. The van der Waals surface area contributed by atoms with Gasteiger partial charge in [-0.3, -0.25) is 9.52 Å². The van der Waals surface area contributed by atoms with Crippen molar-refractivity contribution in [3.63, 3.8) is 0 Å². The Morgan fingerprint density at radius 1 is 1.07 bits per heavy atom. The third kappa shape index (κ3) is 5.49. The van der Waals surface area contributed by atoms with Crippen molar-refractivity contribution in [2.75, 3.05) is 16.6 Å². The monoisotopic (exact) mass is 448 g/mol. The number of hydrogen-bond donors (Lipinski definition) is 2. The van der Waals surface area contributed by atoms with Crippen LogP contribution in [0.4, 0.5) is 15.8 Å². The summed E-state index contributed by atoms with van der Waals surface area (Å²) in [6.07, 6.45) is 0. The van der Waals surface area contributed by atoms with E-state index in [0.717, 1.165) is 11.6 Å². The second-order valence-electron chi connectivity index (χ2n) is 6.36. The molecule has 0 saturated carbocycles. The Kier molecular flexibility index (Phi) is 6.59. The van der Waals surface area contributed by atoms with Crippen molar-refractivity contribution in [1.29, 1.82) is 0 Å². The molecule has 3 rings (SSSR count). The summed E-state index contributed by atoms with van der Waals surface area (Å²) < 4.78 is 46.1. The van der Waals surface area contributed by atoms with E-state index in [1.165, 1.54) is 36.4 Å². The molecule has 0 aliphatic rings. The normalized spacial score (nSPS) is 11.0. The molecule has 0 spiro atoms. The van der Waals surface area contributed by atoms with Crippen LogP contribution in [0.2, 0.25) is 5.02 Å². The number of ether oxygens (including phenoxy) is 1. The average Bonchev–Trinajstić information content (AvgIpc) is 2.71. The second kappa shape index (κ2) is 9.15. The maximum absolute atomic E-state index is 13.1. The van der Waals surface area contributed by atoms with Gasteiger partial charge in [-0.05, 0) is 61.0 Å². The zero-order valence-corrected chi connectivity index (χ0v) is 17.4. The number of amides is 1. The maximum Gasteiger partial charge on any atom is 0.262 e. The molecule has 9 heteroatoms. The highest BCUT2D eigenvalue weighted by atomic mass is 35.5. The number of halogens is 2. The molecule has 0 saturated heterocycles. The number of anilines is 2. The third-order valence-electron chi connectivity index (χ3n) is 4.10. The number of nitrogens with one attached hydrogen (secondary N) is 2. The SMILES string of the molecule is Cc1ccccc1NS(=O)(=O)c1ccc(OCC(=O)Nc2ccc(F)c(Cl)c2)cc1. The highest BCUT2D eigenvalue weighted by Crippen LogP contribution is 2.22. The van der Waals surface area contributed by atoms with Crippen molar-refractivity contribution in [2.24, 2.45) is 0 Å². The first-order valence-electron chi connectivity index (χ1n) is 8.81. The summed E-state index contributed by atoms with van der Waals surface area (Å²) in [4.78, 5) is 12.0. The van der Waals surface area contributed by atoms with Gasteiger partial charge in [0.1, 0.15) is 11.6 Å². The van der Waals surface area contributed by atoms with Crippen LogP contribution in [0.25, 0.3) is 0 Å². The van der Waals surface area contributed by atoms with Crippen LogP contribution in [0.15, 0.2) is 71.6 Å². The zero-order chi connectivity index (χ0) is 21.7. The Morgan fingerprint density at radius 3 is 2.43 bits per heavy atom. The van der Waals surface area contributed by atoms with Gasteiger partial charge in [-0.25, -0.2) is 12.8 Å². The predicted molar refractivity (Wildman–Crippen MR) is 114 cm³/mol. The minimum absolute atomic E-state index is 0.0588. The van der Waals surface area contributed by atoms with Gasteiger partial charge < -0.3 is 10.1 Å². The van der Waals surface area contributed by atoms with Crippen molar-refractivity contribution in [3.05, 3.63) is 83.1 Å². The van der Waals surface area contributed by atoms with Crippen LogP contribution in [0.5, 0.6) is 5.75 Å². The van der Waals surface area contributed by atoms with Gasteiger partial charge in [0.25, 0.3) is 15.9 Å². The van der Waals surface area contributed by atoms with Crippen LogP contribution < -0.4 is 14.8 Å². The minimum Gasteiger partial charge on any atom is -0.484 e. The lowest BCUT2D eigenvalue weighted by atomic mass is 10.2. The van der Waals surface area contributed by atoms with Gasteiger partial charge in [-0.1, -0.05) is 29.8 Å². The Labute approximate surface area is 178 Å². The number of para-hydroxylation sites is 1. The standard InChI is InChI=1S/C21H18ClFN2O4S/c1-14-4-2-3-5-20(14)25-30(27,28)17-9-7-16(8-10-17)29-13-21(26)24-15-6-11-19(23)18(22)12-15/h2-12,25H,13H2,1H3,(H,24,26). The van der Waals surface area contributed by atoms with E-state index in [9.17, 15) is 17.6 Å². The molecule has 0 aromatic heterocycles. The smallest absolute Gasteiger partial charge is 0.262 e. The van der Waals surface area contributed by atoms with Crippen molar-refractivity contribution in [2.45, 2.75) is 11.8 Å². The summed E-state index contributed by atoms with van der Waals surface area (Å²) in [7, 11) is -3.76. The molecular weight excluding hydrogens is 431 g/mol. The number of carbonyl (C=O) groups is 1. The topological polar surface area (TPSA) is 84.5 Å². The van der Waals surface area contributed by atoms with E-state index in [4.69, 9.17) is 16.3 Å². The molecule has 0 aliphatic carbocycles. The number of benzene rings is 3. The van der Waals surface area contributed by atoms with Gasteiger partial charge in [0, 0.05) is 5.69 Å². The van der Waals surface area contributed by atoms with E-state index in [1.807, 2.05) is 6.07 Å². The van der Waals surface area contributed by atoms with Gasteiger partial charge in [0.05, 0.1) is 15.6 Å². The Balaban J connectivity index is 1.59. The highest BCUT2D eigenvalue weighted by molar-refractivity contribution is 7.92. The lowest BCUT2D eigenvalue weighted by Crippen LogP contribution is -2.20. The van der Waals surface area contributed by atoms with Crippen LogP contribution >= 0.6 is 11.6 Å². The number of rotatable bonds is 7. The lowest BCUT2D eigenvalue weighted by molar-refractivity contribution is -0.118. The molecule has 0 heterocycles. The summed E-state index contributed by atoms with van der Waals surface area (Å²) in [6, 6.07) is 16.5. The molecule has 30 heavy (non-hydrogen) atoms. The van der Waals surface area contributed by atoms with Crippen molar-refractivity contribution >= 4 is 38.9 Å². The van der Waals surface area contributed by atoms with Crippen LogP contribution in [-0.2, 0) is 14.8 Å². The van der Waals surface area contributed by atoms with Gasteiger partial charge in [0.15, 0.2) is 6.61 Å². The first-order valence-corrected chi connectivity index (χ1v) is 10.7. The summed E-state index contributed by atoms with van der Waals surface area (Å²) in [6.45, 7) is 1.49. The van der Waals surface area contributed by atoms with Crippen molar-refractivity contribution in [1.82, 2.24) is 0 Å². The number of hydrogen-bond acceptors (Lipinski definition) is 4. The largest absolute Gasteiger partial charge is 0.484 e. The van der Waals surface area contributed by atoms with E-state index in [1.54, 1.807) is 25.1 Å². The van der Waals surface area contributed by atoms with Crippen molar-refractivity contribution in [3.8, 4) is 5.75 Å². The van der Waals surface area contributed by atoms with Crippen LogP contribution in [-0.4, -0.2) is 20.9 Å². The molecule has 3 aromatic rings. The molecule has 2 N–H and O–H groups in total. The molecule has 1 amide bonds. The molecule has 156 valence electrons. The lowest BCUT2D eigenvalue weighted by Gasteiger charge is -2.11. The van der Waals surface area contributed by atoms with E-state index < -0.39 is 21.7 Å². The molecule has 6 nitrogen and oxygen atoms in total. The number of sulfonamides is 1.